The van der Waals surface area contributed by atoms with Crippen LogP contribution >= 0.6 is 11.8 Å². The first-order chi connectivity index (χ1) is 5.83. The Labute approximate surface area is 79.2 Å². The Morgan fingerprint density at radius 3 is 3.08 bits per heavy atom. The summed E-state index contributed by atoms with van der Waals surface area (Å²) in [7, 11) is 0. The van der Waals surface area contributed by atoms with E-state index in [9.17, 15) is 0 Å². The summed E-state index contributed by atoms with van der Waals surface area (Å²) in [6, 6.07) is 0.386. The van der Waals surface area contributed by atoms with Gasteiger partial charge in [0.25, 0.3) is 0 Å². The molecule has 0 aromatic heterocycles. The summed E-state index contributed by atoms with van der Waals surface area (Å²) in [5.41, 5.74) is 5.81. The van der Waals surface area contributed by atoms with Gasteiger partial charge in [0.05, 0.1) is 6.61 Å². The summed E-state index contributed by atoms with van der Waals surface area (Å²) < 4.78 is 5.30. The minimum Gasteiger partial charge on any atom is -0.381 e. The summed E-state index contributed by atoms with van der Waals surface area (Å²) in [4.78, 5) is 0. The van der Waals surface area contributed by atoms with Crippen molar-refractivity contribution >= 4 is 11.8 Å². The minimum atomic E-state index is 0.386. The van der Waals surface area contributed by atoms with Crippen molar-refractivity contribution in [2.24, 2.45) is 11.7 Å². The van der Waals surface area contributed by atoms with Gasteiger partial charge in [0, 0.05) is 18.4 Å². The van der Waals surface area contributed by atoms with E-state index in [0.717, 1.165) is 31.3 Å². The van der Waals surface area contributed by atoms with E-state index in [1.54, 1.807) is 0 Å². The molecule has 2 unspecified atom stereocenters. The van der Waals surface area contributed by atoms with Gasteiger partial charge in [0.1, 0.15) is 0 Å². The highest BCUT2D eigenvalue weighted by Crippen LogP contribution is 2.18. The van der Waals surface area contributed by atoms with Crippen molar-refractivity contribution in [2.45, 2.75) is 25.8 Å². The van der Waals surface area contributed by atoms with Gasteiger partial charge in [-0.25, -0.2) is 0 Å². The molecule has 0 aromatic rings. The molecule has 1 saturated heterocycles. The molecule has 0 radical (unpaired) electrons. The summed E-state index contributed by atoms with van der Waals surface area (Å²) >= 11 is 1.98. The lowest BCUT2D eigenvalue weighted by Gasteiger charge is -2.10. The van der Waals surface area contributed by atoms with E-state index in [0.29, 0.717) is 6.04 Å². The molecule has 1 heterocycles. The third-order valence-corrected chi connectivity index (χ3v) is 3.60. The van der Waals surface area contributed by atoms with Crippen molar-refractivity contribution in [3.05, 3.63) is 0 Å². The Balaban J connectivity index is 1.94. The van der Waals surface area contributed by atoms with Crippen LogP contribution in [0.1, 0.15) is 19.8 Å². The van der Waals surface area contributed by atoms with Gasteiger partial charge in [-0.2, -0.15) is 11.8 Å². The van der Waals surface area contributed by atoms with Gasteiger partial charge < -0.3 is 10.5 Å². The van der Waals surface area contributed by atoms with E-state index < -0.39 is 0 Å². The monoisotopic (exact) mass is 189 g/mol. The number of hydrogen-bond acceptors (Lipinski definition) is 3. The lowest BCUT2D eigenvalue weighted by atomic mass is 10.2. The van der Waals surface area contributed by atoms with Crippen molar-refractivity contribution in [1.82, 2.24) is 0 Å². The van der Waals surface area contributed by atoms with Crippen LogP contribution in [0.4, 0.5) is 0 Å². The van der Waals surface area contributed by atoms with Crippen LogP contribution < -0.4 is 5.73 Å². The first kappa shape index (κ1) is 10.4. The molecular formula is C9H19NOS. The van der Waals surface area contributed by atoms with E-state index >= 15 is 0 Å². The first-order valence-corrected chi connectivity index (χ1v) is 5.89. The second-order valence-corrected chi connectivity index (χ2v) is 4.51. The Hall–Kier alpha value is 0.270. The van der Waals surface area contributed by atoms with E-state index in [1.165, 1.54) is 12.2 Å². The number of nitrogens with two attached hydrogens (primary N) is 1. The minimum absolute atomic E-state index is 0.386. The maximum Gasteiger partial charge on any atom is 0.0503 e. The van der Waals surface area contributed by atoms with Crippen LogP contribution in [0.2, 0.25) is 0 Å². The smallest absolute Gasteiger partial charge is 0.0503 e. The fraction of sp³-hybridized carbons (Fsp3) is 1.00. The average molecular weight is 189 g/mol. The zero-order valence-electron chi connectivity index (χ0n) is 7.79. The molecular weight excluding hydrogens is 170 g/mol. The molecule has 1 aliphatic rings. The van der Waals surface area contributed by atoms with Crippen LogP contribution in [-0.4, -0.2) is 30.8 Å². The summed E-state index contributed by atoms with van der Waals surface area (Å²) in [5, 5.41) is 0. The molecule has 0 aromatic carbocycles. The Morgan fingerprint density at radius 1 is 1.67 bits per heavy atom. The SMILES string of the molecule is CCC(N)CSCC1CCOC1. The Bertz CT molecular complexity index is 115. The number of ether oxygens (including phenoxy) is 1. The number of thioether (sulfide) groups is 1. The van der Waals surface area contributed by atoms with Crippen molar-refractivity contribution < 1.29 is 4.74 Å². The molecule has 3 heteroatoms. The fourth-order valence-electron chi connectivity index (χ4n) is 1.22. The zero-order valence-corrected chi connectivity index (χ0v) is 8.61. The zero-order chi connectivity index (χ0) is 8.81. The average Bonchev–Trinajstić information content (AvgIpc) is 2.57. The highest BCUT2D eigenvalue weighted by atomic mass is 32.2. The molecule has 0 spiro atoms. The second-order valence-electron chi connectivity index (χ2n) is 3.44. The van der Waals surface area contributed by atoms with Crippen LogP contribution in [0.5, 0.6) is 0 Å². The highest BCUT2D eigenvalue weighted by Gasteiger charge is 2.15. The molecule has 72 valence electrons. The quantitative estimate of drug-likeness (QED) is 0.712. The molecule has 0 amide bonds. The lowest BCUT2D eigenvalue weighted by molar-refractivity contribution is 0.189. The van der Waals surface area contributed by atoms with Gasteiger partial charge in [-0.05, 0) is 24.5 Å². The van der Waals surface area contributed by atoms with Crippen LogP contribution in [0.25, 0.3) is 0 Å². The normalized spacial score (nSPS) is 26.0. The van der Waals surface area contributed by atoms with Crippen molar-refractivity contribution in [3.63, 3.8) is 0 Å². The van der Waals surface area contributed by atoms with Gasteiger partial charge in [0.2, 0.25) is 0 Å². The van der Waals surface area contributed by atoms with E-state index in [1.807, 2.05) is 11.8 Å². The maximum atomic E-state index is 5.81. The topological polar surface area (TPSA) is 35.2 Å². The van der Waals surface area contributed by atoms with Crippen molar-refractivity contribution in [2.75, 3.05) is 24.7 Å². The molecule has 0 aliphatic carbocycles. The summed E-state index contributed by atoms with van der Waals surface area (Å²) in [6.45, 7) is 4.07. The van der Waals surface area contributed by atoms with Gasteiger partial charge in [0.15, 0.2) is 0 Å². The molecule has 0 bridgehead atoms. The van der Waals surface area contributed by atoms with Crippen LogP contribution in [0, 0.1) is 5.92 Å². The third kappa shape index (κ3) is 3.78. The lowest BCUT2D eigenvalue weighted by Crippen LogP contribution is -2.22. The van der Waals surface area contributed by atoms with Crippen LogP contribution in [0.15, 0.2) is 0 Å². The molecule has 12 heavy (non-hydrogen) atoms. The molecule has 1 rings (SSSR count). The van der Waals surface area contributed by atoms with Crippen LogP contribution in [0.3, 0.4) is 0 Å². The molecule has 1 aliphatic heterocycles. The highest BCUT2D eigenvalue weighted by molar-refractivity contribution is 7.99. The number of rotatable bonds is 5. The standard InChI is InChI=1S/C9H19NOS/c1-2-9(10)7-12-6-8-3-4-11-5-8/h8-9H,2-7,10H2,1H3. The Kier molecular flexibility index (Phi) is 5.04. The predicted octanol–water partition coefficient (Wildman–Crippen LogP) is 1.49. The maximum absolute atomic E-state index is 5.81. The van der Waals surface area contributed by atoms with Crippen molar-refractivity contribution in [3.8, 4) is 0 Å². The molecule has 2 N–H and O–H groups in total. The molecule has 2 nitrogen and oxygen atoms in total. The summed E-state index contributed by atoms with van der Waals surface area (Å²) in [6.07, 6.45) is 2.34. The molecule has 1 fully saturated rings. The largest absolute Gasteiger partial charge is 0.381 e. The van der Waals surface area contributed by atoms with Gasteiger partial charge in [-0.15, -0.1) is 0 Å². The van der Waals surface area contributed by atoms with E-state index in [-0.39, 0.29) is 0 Å². The molecule has 0 saturated carbocycles. The van der Waals surface area contributed by atoms with Crippen LogP contribution in [-0.2, 0) is 4.74 Å². The fourth-order valence-corrected chi connectivity index (χ4v) is 2.49. The van der Waals surface area contributed by atoms with Gasteiger partial charge in [-0.1, -0.05) is 6.92 Å². The first-order valence-electron chi connectivity index (χ1n) is 4.74. The Morgan fingerprint density at radius 2 is 2.50 bits per heavy atom. The van der Waals surface area contributed by atoms with E-state index in [2.05, 4.69) is 6.92 Å². The van der Waals surface area contributed by atoms with E-state index in [4.69, 9.17) is 10.5 Å². The van der Waals surface area contributed by atoms with Crippen molar-refractivity contribution in [1.29, 1.82) is 0 Å². The van der Waals surface area contributed by atoms with Gasteiger partial charge >= 0.3 is 0 Å². The predicted molar refractivity (Wildman–Crippen MR) is 54.5 cm³/mol. The van der Waals surface area contributed by atoms with Gasteiger partial charge in [-0.3, -0.25) is 0 Å². The molecule has 2 atom stereocenters. The second kappa shape index (κ2) is 5.84. The number of hydrogen-bond donors (Lipinski definition) is 1. The summed E-state index contributed by atoms with van der Waals surface area (Å²) in [5.74, 6) is 3.12. The third-order valence-electron chi connectivity index (χ3n) is 2.23.